The highest BCUT2D eigenvalue weighted by atomic mass is 16.5. The Morgan fingerprint density at radius 3 is 2.44 bits per heavy atom. The molecule has 0 N–H and O–H groups in total. The molecule has 3 aliphatic rings. The molecule has 1 aliphatic heterocycles. The number of rotatable bonds is 4. The van der Waals surface area contributed by atoms with Crippen LogP contribution in [-0.2, 0) is 4.74 Å². The Bertz CT molecular complexity index is 308. The number of ether oxygens (including phenoxy) is 1. The molecule has 1 saturated heterocycles. The molecule has 3 atom stereocenters. The molecule has 0 unspecified atom stereocenters. The van der Waals surface area contributed by atoms with E-state index >= 15 is 0 Å². The lowest BCUT2D eigenvalue weighted by Crippen LogP contribution is -2.38. The molecule has 2 nitrogen and oxygen atoms in total. The molecule has 0 aromatic carbocycles. The minimum atomic E-state index is 0.433. The van der Waals surface area contributed by atoms with E-state index in [9.17, 15) is 0 Å². The number of nitrogens with zero attached hydrogens (tertiary/aromatic N) is 1. The summed E-state index contributed by atoms with van der Waals surface area (Å²) in [6.07, 6.45) is 7.40. The zero-order valence-electron chi connectivity index (χ0n) is 12.4. The van der Waals surface area contributed by atoms with Gasteiger partial charge in [0.05, 0.1) is 12.7 Å². The van der Waals surface area contributed by atoms with Crippen molar-refractivity contribution in [3.05, 3.63) is 0 Å². The molecule has 2 saturated carbocycles. The molecule has 3 rings (SSSR count). The molecule has 104 valence electrons. The minimum Gasteiger partial charge on any atom is -0.376 e. The third-order valence-electron chi connectivity index (χ3n) is 6.64. The van der Waals surface area contributed by atoms with Crippen molar-refractivity contribution in [2.45, 2.75) is 59.0 Å². The van der Waals surface area contributed by atoms with Gasteiger partial charge >= 0.3 is 0 Å². The average molecular weight is 251 g/mol. The van der Waals surface area contributed by atoms with Gasteiger partial charge in [-0.05, 0) is 61.9 Å². The largest absolute Gasteiger partial charge is 0.376 e. The maximum Gasteiger partial charge on any atom is 0.0637 e. The summed E-state index contributed by atoms with van der Waals surface area (Å²) in [5, 5.41) is 0. The van der Waals surface area contributed by atoms with Gasteiger partial charge in [0.1, 0.15) is 0 Å². The average Bonchev–Trinajstić information content (AvgIpc) is 2.95. The van der Waals surface area contributed by atoms with Crippen molar-refractivity contribution in [3.8, 4) is 0 Å². The van der Waals surface area contributed by atoms with Gasteiger partial charge in [-0.2, -0.15) is 0 Å². The van der Waals surface area contributed by atoms with Crippen LogP contribution >= 0.6 is 0 Å². The van der Waals surface area contributed by atoms with Crippen LogP contribution in [0.2, 0.25) is 0 Å². The summed E-state index contributed by atoms with van der Waals surface area (Å²) >= 11 is 0. The van der Waals surface area contributed by atoms with Crippen LogP contribution in [0.4, 0.5) is 0 Å². The van der Waals surface area contributed by atoms with Gasteiger partial charge in [0.2, 0.25) is 0 Å². The van der Waals surface area contributed by atoms with Crippen LogP contribution in [0.3, 0.4) is 0 Å². The smallest absolute Gasteiger partial charge is 0.0637 e. The van der Waals surface area contributed by atoms with E-state index in [0.717, 1.165) is 19.1 Å². The highest BCUT2D eigenvalue weighted by molar-refractivity contribution is 5.11. The first-order chi connectivity index (χ1) is 8.54. The fraction of sp³-hybridized carbons (Fsp3) is 1.00. The summed E-state index contributed by atoms with van der Waals surface area (Å²) in [5.74, 6) is 0.902. The zero-order valence-corrected chi connectivity index (χ0v) is 12.4. The fourth-order valence-electron chi connectivity index (χ4n) is 4.71. The van der Waals surface area contributed by atoms with E-state index < -0.39 is 0 Å². The van der Waals surface area contributed by atoms with E-state index in [-0.39, 0.29) is 0 Å². The highest BCUT2D eigenvalue weighted by Gasteiger charge is 2.61. The second kappa shape index (κ2) is 4.49. The lowest BCUT2D eigenvalue weighted by molar-refractivity contribution is -0.0507. The van der Waals surface area contributed by atoms with Crippen molar-refractivity contribution >= 4 is 0 Å². The lowest BCUT2D eigenvalue weighted by Gasteiger charge is -2.39. The van der Waals surface area contributed by atoms with Crippen LogP contribution in [0.1, 0.15) is 52.9 Å². The summed E-state index contributed by atoms with van der Waals surface area (Å²) < 4.78 is 6.30. The second-order valence-corrected chi connectivity index (χ2v) is 7.52. The van der Waals surface area contributed by atoms with Crippen LogP contribution in [-0.4, -0.2) is 37.2 Å². The summed E-state index contributed by atoms with van der Waals surface area (Å²) in [4.78, 5) is 2.56. The standard InChI is InChI=1S/C16H29NO/c1-15(2)13-6-7-16(15,3)14(12-13)18-11-10-17-8-4-5-9-17/h13-14H,4-12H2,1-3H3/t13-,14-,16+/m0/s1. The quantitative estimate of drug-likeness (QED) is 0.760. The monoisotopic (exact) mass is 251 g/mol. The fourth-order valence-corrected chi connectivity index (χ4v) is 4.71. The highest BCUT2D eigenvalue weighted by Crippen LogP contribution is 2.66. The Kier molecular flexibility index (Phi) is 3.22. The van der Waals surface area contributed by atoms with E-state index in [0.29, 0.717) is 16.9 Å². The molecule has 2 heteroatoms. The Hall–Kier alpha value is -0.0800. The van der Waals surface area contributed by atoms with E-state index in [1.807, 2.05) is 0 Å². The zero-order chi connectivity index (χ0) is 12.8. The van der Waals surface area contributed by atoms with Crippen molar-refractivity contribution < 1.29 is 4.74 Å². The van der Waals surface area contributed by atoms with Crippen LogP contribution in [0.15, 0.2) is 0 Å². The molecule has 2 aliphatic carbocycles. The maximum absolute atomic E-state index is 6.30. The molecule has 1 heterocycles. The van der Waals surface area contributed by atoms with Gasteiger partial charge in [-0.25, -0.2) is 0 Å². The predicted molar refractivity (Wildman–Crippen MR) is 74.6 cm³/mol. The van der Waals surface area contributed by atoms with E-state index in [2.05, 4.69) is 25.7 Å². The number of fused-ring (bicyclic) bond motifs is 2. The van der Waals surface area contributed by atoms with Gasteiger partial charge in [0.25, 0.3) is 0 Å². The first-order valence-electron chi connectivity index (χ1n) is 7.88. The van der Waals surface area contributed by atoms with Gasteiger partial charge in [0, 0.05) is 6.54 Å². The van der Waals surface area contributed by atoms with Crippen LogP contribution in [0, 0.1) is 16.7 Å². The van der Waals surface area contributed by atoms with Crippen LogP contribution < -0.4 is 0 Å². The first-order valence-corrected chi connectivity index (χ1v) is 7.88. The molecule has 0 radical (unpaired) electrons. The number of hydrogen-bond acceptors (Lipinski definition) is 2. The Labute approximate surface area is 112 Å². The number of hydrogen-bond donors (Lipinski definition) is 0. The van der Waals surface area contributed by atoms with Crippen LogP contribution in [0.25, 0.3) is 0 Å². The molecule has 2 bridgehead atoms. The van der Waals surface area contributed by atoms with Gasteiger partial charge in [-0.3, -0.25) is 0 Å². The van der Waals surface area contributed by atoms with Crippen molar-refractivity contribution in [2.24, 2.45) is 16.7 Å². The first kappa shape index (κ1) is 12.9. The van der Waals surface area contributed by atoms with Gasteiger partial charge in [-0.15, -0.1) is 0 Å². The van der Waals surface area contributed by atoms with Crippen LogP contribution in [0.5, 0.6) is 0 Å². The Morgan fingerprint density at radius 1 is 1.17 bits per heavy atom. The molecule has 3 fully saturated rings. The molecular weight excluding hydrogens is 222 g/mol. The summed E-state index contributed by atoms with van der Waals surface area (Å²) in [5.41, 5.74) is 0.925. The molecule has 0 aromatic heterocycles. The summed E-state index contributed by atoms with van der Waals surface area (Å²) in [6, 6.07) is 0. The molecule has 18 heavy (non-hydrogen) atoms. The normalized spacial score (nSPS) is 42.8. The summed E-state index contributed by atoms with van der Waals surface area (Å²) in [6.45, 7) is 12.1. The summed E-state index contributed by atoms with van der Waals surface area (Å²) in [7, 11) is 0. The molecular formula is C16H29NO. The van der Waals surface area contributed by atoms with Crippen molar-refractivity contribution in [3.63, 3.8) is 0 Å². The lowest BCUT2D eigenvalue weighted by atomic mass is 9.70. The minimum absolute atomic E-state index is 0.433. The van der Waals surface area contributed by atoms with Gasteiger partial charge < -0.3 is 9.64 Å². The van der Waals surface area contributed by atoms with Gasteiger partial charge in [-0.1, -0.05) is 20.8 Å². The van der Waals surface area contributed by atoms with Crippen molar-refractivity contribution in [1.82, 2.24) is 4.90 Å². The van der Waals surface area contributed by atoms with Crippen molar-refractivity contribution in [1.29, 1.82) is 0 Å². The van der Waals surface area contributed by atoms with E-state index in [1.165, 1.54) is 45.2 Å². The van der Waals surface area contributed by atoms with E-state index in [4.69, 9.17) is 4.74 Å². The topological polar surface area (TPSA) is 12.5 Å². The SMILES string of the molecule is CC1(C)[C@H]2CC[C@]1(C)[C@@H](OCCN1CCCC1)C2. The van der Waals surface area contributed by atoms with Gasteiger partial charge in [0.15, 0.2) is 0 Å². The maximum atomic E-state index is 6.30. The predicted octanol–water partition coefficient (Wildman–Crippen LogP) is 3.31. The molecule has 0 aromatic rings. The van der Waals surface area contributed by atoms with E-state index in [1.54, 1.807) is 0 Å². The van der Waals surface area contributed by atoms with Crippen molar-refractivity contribution in [2.75, 3.05) is 26.2 Å². The third kappa shape index (κ3) is 1.84. The Morgan fingerprint density at radius 2 is 1.89 bits per heavy atom. The molecule has 0 amide bonds. The number of likely N-dealkylation sites (tertiary alicyclic amines) is 1. The molecule has 0 spiro atoms. The second-order valence-electron chi connectivity index (χ2n) is 7.52. The Balaban J connectivity index is 1.52. The third-order valence-corrected chi connectivity index (χ3v) is 6.64.